The van der Waals surface area contributed by atoms with Crippen LogP contribution in [-0.4, -0.2) is 17.6 Å². The molecule has 4 heteroatoms. The molecular weight excluding hydrogens is 263 g/mol. The van der Waals surface area contributed by atoms with E-state index in [1.165, 1.54) is 12.1 Å². The molecule has 0 saturated heterocycles. The summed E-state index contributed by atoms with van der Waals surface area (Å²) in [6, 6.07) is 3.01. The highest BCUT2D eigenvalue weighted by molar-refractivity contribution is 9.10. The van der Waals surface area contributed by atoms with Crippen LogP contribution < -0.4 is 0 Å². The Kier molecular flexibility index (Phi) is 4.03. The number of aryl methyl sites for hydroxylation is 1. The second-order valence-corrected chi connectivity index (χ2v) is 3.89. The van der Waals surface area contributed by atoms with Crippen molar-refractivity contribution in [1.82, 2.24) is 0 Å². The summed E-state index contributed by atoms with van der Waals surface area (Å²) in [6.07, 6.45) is 2.21. The van der Waals surface area contributed by atoms with E-state index < -0.39 is 12.5 Å². The molecule has 0 aromatic heterocycles. The van der Waals surface area contributed by atoms with Gasteiger partial charge in [-0.2, -0.15) is 0 Å². The van der Waals surface area contributed by atoms with E-state index in [4.69, 9.17) is 0 Å². The Labute approximate surface area is 95.6 Å². The molecule has 1 rings (SSSR count). The van der Waals surface area contributed by atoms with Gasteiger partial charge in [0.2, 0.25) is 0 Å². The van der Waals surface area contributed by atoms with Gasteiger partial charge < -0.3 is 5.11 Å². The van der Waals surface area contributed by atoms with Crippen LogP contribution in [0.2, 0.25) is 0 Å². The fourth-order valence-corrected chi connectivity index (χ4v) is 1.45. The lowest BCUT2D eigenvalue weighted by Gasteiger charge is -2.04. The average Bonchev–Trinajstić information content (AvgIpc) is 2.20. The van der Waals surface area contributed by atoms with Gasteiger partial charge in [0.25, 0.3) is 0 Å². The van der Waals surface area contributed by atoms with Crippen LogP contribution in [0.4, 0.5) is 4.39 Å². The Morgan fingerprint density at radius 3 is 2.87 bits per heavy atom. The van der Waals surface area contributed by atoms with Gasteiger partial charge in [0.15, 0.2) is 5.78 Å². The van der Waals surface area contributed by atoms with Gasteiger partial charge in [-0.05, 0) is 36.8 Å². The molecule has 15 heavy (non-hydrogen) atoms. The molecule has 0 aliphatic rings. The quantitative estimate of drug-likeness (QED) is 0.678. The Balaban J connectivity index is 3.09. The second-order valence-electron chi connectivity index (χ2n) is 3.04. The normalized spacial score (nSPS) is 10.9. The number of carbonyl (C=O) groups excluding carboxylic acids is 1. The Morgan fingerprint density at radius 1 is 1.60 bits per heavy atom. The summed E-state index contributed by atoms with van der Waals surface area (Å²) >= 11 is 3.26. The molecule has 0 fully saturated rings. The number of phenolic OH excluding ortho intramolecular Hbond substituents is 1. The van der Waals surface area contributed by atoms with E-state index in [0.717, 1.165) is 22.2 Å². The predicted molar refractivity (Wildman–Crippen MR) is 60.0 cm³/mol. The molecule has 0 unspecified atom stereocenters. The molecule has 80 valence electrons. The van der Waals surface area contributed by atoms with Crippen molar-refractivity contribution < 1.29 is 14.3 Å². The number of rotatable bonds is 3. The lowest BCUT2D eigenvalue weighted by Crippen LogP contribution is -1.96. The molecule has 1 aromatic carbocycles. The number of aromatic hydroxyl groups is 1. The number of allylic oxidation sites excluding steroid dienone is 2. The summed E-state index contributed by atoms with van der Waals surface area (Å²) in [5, 5.41) is 9.52. The summed E-state index contributed by atoms with van der Waals surface area (Å²) in [5.74, 6) is -0.505. The van der Waals surface area contributed by atoms with Gasteiger partial charge in [0, 0.05) is 4.47 Å². The summed E-state index contributed by atoms with van der Waals surface area (Å²) in [4.78, 5) is 11.5. The van der Waals surface area contributed by atoms with Crippen molar-refractivity contribution in [2.24, 2.45) is 0 Å². The maximum atomic E-state index is 11.8. The molecule has 1 N–H and O–H groups in total. The van der Waals surface area contributed by atoms with Gasteiger partial charge in [-0.15, -0.1) is 0 Å². The van der Waals surface area contributed by atoms with Gasteiger partial charge in [-0.3, -0.25) is 4.79 Å². The highest BCUT2D eigenvalue weighted by Gasteiger charge is 2.10. The van der Waals surface area contributed by atoms with Crippen LogP contribution in [0.15, 0.2) is 28.8 Å². The highest BCUT2D eigenvalue weighted by Crippen LogP contribution is 2.26. The number of hydrogen-bond acceptors (Lipinski definition) is 2. The maximum absolute atomic E-state index is 11.8. The molecule has 0 bridgehead atoms. The number of halogens is 2. The van der Waals surface area contributed by atoms with E-state index in [-0.39, 0.29) is 11.3 Å². The van der Waals surface area contributed by atoms with Crippen LogP contribution in [0, 0.1) is 6.92 Å². The van der Waals surface area contributed by atoms with Crippen molar-refractivity contribution in [3.8, 4) is 5.75 Å². The topological polar surface area (TPSA) is 37.3 Å². The van der Waals surface area contributed by atoms with Gasteiger partial charge in [0.05, 0.1) is 5.56 Å². The molecular formula is C11H10BrFO2. The van der Waals surface area contributed by atoms with Crippen molar-refractivity contribution in [3.63, 3.8) is 0 Å². The molecule has 1 aromatic rings. The molecule has 2 nitrogen and oxygen atoms in total. The smallest absolute Gasteiger partial charge is 0.189 e. The third-order valence-corrected chi connectivity index (χ3v) is 2.76. The molecule has 0 heterocycles. The first-order valence-corrected chi connectivity index (χ1v) is 5.11. The Bertz CT molecular complexity index is 413. The van der Waals surface area contributed by atoms with Gasteiger partial charge in [-0.1, -0.05) is 15.9 Å². The number of phenols is 1. The van der Waals surface area contributed by atoms with E-state index in [1.807, 2.05) is 0 Å². The zero-order valence-electron chi connectivity index (χ0n) is 8.13. The van der Waals surface area contributed by atoms with E-state index in [1.54, 1.807) is 6.92 Å². The third kappa shape index (κ3) is 2.89. The van der Waals surface area contributed by atoms with Crippen molar-refractivity contribution in [2.75, 3.05) is 6.67 Å². The van der Waals surface area contributed by atoms with E-state index in [9.17, 15) is 14.3 Å². The summed E-state index contributed by atoms with van der Waals surface area (Å²) in [7, 11) is 0. The summed E-state index contributed by atoms with van der Waals surface area (Å²) < 4.78 is 12.5. The largest absolute Gasteiger partial charge is 0.507 e. The van der Waals surface area contributed by atoms with E-state index >= 15 is 0 Å². The van der Waals surface area contributed by atoms with Crippen LogP contribution in [0.25, 0.3) is 0 Å². The molecule has 0 amide bonds. The fourth-order valence-electron chi connectivity index (χ4n) is 1.10. The lowest BCUT2D eigenvalue weighted by atomic mass is 10.1. The molecule has 0 aliphatic carbocycles. The SMILES string of the molecule is Cc1cc(O)c(C(=O)/C=C/CF)cc1Br. The van der Waals surface area contributed by atoms with Crippen LogP contribution in [0.1, 0.15) is 15.9 Å². The first kappa shape index (κ1) is 11.9. The second kappa shape index (κ2) is 5.07. The zero-order valence-corrected chi connectivity index (χ0v) is 9.71. The van der Waals surface area contributed by atoms with Crippen LogP contribution in [-0.2, 0) is 0 Å². The van der Waals surface area contributed by atoms with Gasteiger partial charge in [-0.25, -0.2) is 4.39 Å². The first-order chi connectivity index (χ1) is 7.06. The van der Waals surface area contributed by atoms with Crippen LogP contribution in [0.5, 0.6) is 5.75 Å². The van der Waals surface area contributed by atoms with Gasteiger partial charge >= 0.3 is 0 Å². The highest BCUT2D eigenvalue weighted by atomic mass is 79.9. The first-order valence-electron chi connectivity index (χ1n) is 4.32. The summed E-state index contributed by atoms with van der Waals surface area (Å²) in [5.41, 5.74) is 0.996. The van der Waals surface area contributed by atoms with Crippen LogP contribution >= 0.6 is 15.9 Å². The zero-order chi connectivity index (χ0) is 11.4. The fraction of sp³-hybridized carbons (Fsp3) is 0.182. The minimum atomic E-state index is -0.695. The van der Waals surface area contributed by atoms with Crippen molar-refractivity contribution >= 4 is 21.7 Å². The van der Waals surface area contributed by atoms with Gasteiger partial charge in [0.1, 0.15) is 12.4 Å². The molecule has 0 saturated carbocycles. The molecule has 0 aliphatic heterocycles. The Morgan fingerprint density at radius 2 is 2.27 bits per heavy atom. The average molecular weight is 273 g/mol. The van der Waals surface area contributed by atoms with Crippen LogP contribution in [0.3, 0.4) is 0 Å². The molecule has 0 spiro atoms. The van der Waals surface area contributed by atoms with Crippen molar-refractivity contribution in [3.05, 3.63) is 39.9 Å². The number of carbonyl (C=O) groups is 1. The van der Waals surface area contributed by atoms with E-state index in [2.05, 4.69) is 15.9 Å². The minimum absolute atomic E-state index is 0.0933. The monoisotopic (exact) mass is 272 g/mol. The number of ketones is 1. The molecule has 0 atom stereocenters. The lowest BCUT2D eigenvalue weighted by molar-refractivity contribution is 0.104. The number of benzene rings is 1. The van der Waals surface area contributed by atoms with E-state index in [0.29, 0.717) is 0 Å². The number of alkyl halides is 1. The minimum Gasteiger partial charge on any atom is -0.507 e. The Hall–Kier alpha value is -1.16. The predicted octanol–water partition coefficient (Wildman–Crippen LogP) is 3.17. The molecule has 0 radical (unpaired) electrons. The van der Waals surface area contributed by atoms with Crippen molar-refractivity contribution in [2.45, 2.75) is 6.92 Å². The maximum Gasteiger partial charge on any atom is 0.189 e. The third-order valence-electron chi connectivity index (χ3n) is 1.90. The summed E-state index contributed by atoms with van der Waals surface area (Å²) in [6.45, 7) is 1.11. The number of hydrogen-bond donors (Lipinski definition) is 1. The standard InChI is InChI=1S/C11H10BrFO2/c1-7-5-11(15)8(6-9(7)12)10(14)3-2-4-13/h2-3,5-6,15H,4H2,1H3/b3-2+. The van der Waals surface area contributed by atoms with Crippen molar-refractivity contribution in [1.29, 1.82) is 0 Å².